The molecule has 0 atom stereocenters. The van der Waals surface area contributed by atoms with Gasteiger partial charge in [0.1, 0.15) is 5.69 Å². The molecule has 0 bridgehead atoms. The van der Waals surface area contributed by atoms with Gasteiger partial charge in [-0.25, -0.2) is 4.79 Å². The number of esters is 1. The third kappa shape index (κ3) is 3.59. The van der Waals surface area contributed by atoms with Gasteiger partial charge in [-0.15, -0.1) is 0 Å². The van der Waals surface area contributed by atoms with Gasteiger partial charge in [0.15, 0.2) is 5.69 Å². The van der Waals surface area contributed by atoms with Gasteiger partial charge in [0.05, 0.1) is 30.1 Å². The molecule has 2 aromatic rings. The lowest BCUT2D eigenvalue weighted by molar-refractivity contribution is 0.0513. The molecule has 0 unspecified atom stereocenters. The minimum Gasteiger partial charge on any atom is -0.461 e. The van der Waals surface area contributed by atoms with Crippen LogP contribution in [0.15, 0.2) is 12.3 Å². The van der Waals surface area contributed by atoms with Gasteiger partial charge in [0.2, 0.25) is 0 Å². The summed E-state index contributed by atoms with van der Waals surface area (Å²) in [4.78, 5) is 25.9. The highest BCUT2D eigenvalue weighted by Gasteiger charge is 2.22. The zero-order valence-corrected chi connectivity index (χ0v) is 14.9. The summed E-state index contributed by atoms with van der Waals surface area (Å²) in [6.07, 6.45) is 1.55. The summed E-state index contributed by atoms with van der Waals surface area (Å²) < 4.78 is 8.01. The van der Waals surface area contributed by atoms with Gasteiger partial charge in [-0.05, 0) is 13.8 Å². The first-order valence-corrected chi connectivity index (χ1v) is 7.93. The molecule has 24 heavy (non-hydrogen) atoms. The Morgan fingerprint density at radius 3 is 2.71 bits per heavy atom. The van der Waals surface area contributed by atoms with Gasteiger partial charge in [0.25, 0.3) is 5.91 Å². The molecule has 0 aromatic carbocycles. The number of amides is 1. The highest BCUT2D eigenvalue weighted by molar-refractivity contribution is 6.31. The molecule has 2 rings (SSSR count). The van der Waals surface area contributed by atoms with E-state index in [9.17, 15) is 9.59 Å². The fourth-order valence-corrected chi connectivity index (χ4v) is 2.48. The lowest BCUT2D eigenvalue weighted by Crippen LogP contribution is -2.28. The topological polar surface area (TPSA) is 82.2 Å². The largest absolute Gasteiger partial charge is 0.461 e. The number of aryl methyl sites for hydroxylation is 2. The van der Waals surface area contributed by atoms with E-state index < -0.39 is 5.97 Å². The van der Waals surface area contributed by atoms with Crippen LogP contribution in [0.3, 0.4) is 0 Å². The normalized spacial score (nSPS) is 10.7. The number of aromatic nitrogens is 4. The zero-order valence-electron chi connectivity index (χ0n) is 14.1. The lowest BCUT2D eigenvalue weighted by Gasteiger charge is -2.16. The van der Waals surface area contributed by atoms with Gasteiger partial charge < -0.3 is 9.64 Å². The van der Waals surface area contributed by atoms with E-state index in [1.165, 1.54) is 15.6 Å². The Morgan fingerprint density at radius 1 is 1.38 bits per heavy atom. The fourth-order valence-electron chi connectivity index (χ4n) is 2.28. The van der Waals surface area contributed by atoms with Crippen LogP contribution in [-0.2, 0) is 24.9 Å². The van der Waals surface area contributed by atoms with E-state index in [2.05, 4.69) is 10.2 Å². The van der Waals surface area contributed by atoms with Crippen molar-refractivity contribution < 1.29 is 14.3 Å². The molecule has 0 fully saturated rings. The van der Waals surface area contributed by atoms with Crippen molar-refractivity contribution in [1.29, 1.82) is 0 Å². The molecule has 2 aromatic heterocycles. The summed E-state index contributed by atoms with van der Waals surface area (Å²) in [6.45, 7) is 4.86. The molecule has 1 amide bonds. The van der Waals surface area contributed by atoms with Gasteiger partial charge in [-0.2, -0.15) is 10.2 Å². The van der Waals surface area contributed by atoms with Crippen LogP contribution < -0.4 is 0 Å². The smallest absolute Gasteiger partial charge is 0.356 e. The minimum absolute atomic E-state index is 0.168. The Bertz CT molecular complexity index is 752. The maximum atomic E-state index is 12.6. The second kappa shape index (κ2) is 7.48. The average molecular weight is 354 g/mol. The molecule has 0 saturated carbocycles. The van der Waals surface area contributed by atoms with Crippen molar-refractivity contribution in [3.8, 4) is 0 Å². The van der Waals surface area contributed by atoms with Crippen LogP contribution in [-0.4, -0.2) is 50.0 Å². The van der Waals surface area contributed by atoms with E-state index in [1.807, 2.05) is 6.92 Å². The zero-order chi connectivity index (χ0) is 17.9. The Balaban J connectivity index is 2.18. The number of hydrogen-bond donors (Lipinski definition) is 0. The quantitative estimate of drug-likeness (QED) is 0.739. The maximum absolute atomic E-state index is 12.6. The van der Waals surface area contributed by atoms with Crippen molar-refractivity contribution in [2.24, 2.45) is 7.05 Å². The molecular formula is C15H20ClN5O3. The highest BCUT2D eigenvalue weighted by atomic mass is 35.5. The molecule has 130 valence electrons. The summed E-state index contributed by atoms with van der Waals surface area (Å²) in [6, 6.07) is 1.43. The summed E-state index contributed by atoms with van der Waals surface area (Å²) in [5.74, 6) is -0.831. The number of halogens is 1. The standard InChI is InChI=1S/C15H20ClN5O3/c1-5-21-13(10(16)8-17-21)9-19(3)14(22)11-7-12(20(4)18-11)15(23)24-6-2/h7-8H,5-6,9H2,1-4H3. The van der Waals surface area contributed by atoms with E-state index in [0.29, 0.717) is 11.6 Å². The van der Waals surface area contributed by atoms with Crippen LogP contribution in [0.1, 0.15) is 40.5 Å². The van der Waals surface area contributed by atoms with Gasteiger partial charge in [-0.3, -0.25) is 14.2 Å². The van der Waals surface area contributed by atoms with Crippen LogP contribution in [0, 0.1) is 0 Å². The Hall–Kier alpha value is -2.35. The molecule has 2 heterocycles. The van der Waals surface area contributed by atoms with Crippen LogP contribution in [0.25, 0.3) is 0 Å². The van der Waals surface area contributed by atoms with Crippen molar-refractivity contribution >= 4 is 23.5 Å². The van der Waals surface area contributed by atoms with Crippen molar-refractivity contribution in [3.05, 3.63) is 34.4 Å². The monoisotopic (exact) mass is 353 g/mol. The van der Waals surface area contributed by atoms with Gasteiger partial charge in [0, 0.05) is 26.7 Å². The second-order valence-electron chi connectivity index (χ2n) is 5.18. The van der Waals surface area contributed by atoms with Crippen molar-refractivity contribution in [3.63, 3.8) is 0 Å². The number of carbonyl (C=O) groups excluding carboxylic acids is 2. The van der Waals surface area contributed by atoms with Crippen LogP contribution >= 0.6 is 11.6 Å². The molecule has 0 aliphatic carbocycles. The third-order valence-corrected chi connectivity index (χ3v) is 3.83. The molecule has 8 nitrogen and oxygen atoms in total. The molecule has 9 heteroatoms. The van der Waals surface area contributed by atoms with E-state index >= 15 is 0 Å². The number of rotatable bonds is 6. The first-order valence-electron chi connectivity index (χ1n) is 7.55. The van der Waals surface area contributed by atoms with Crippen molar-refractivity contribution in [2.45, 2.75) is 26.9 Å². The number of hydrogen-bond acceptors (Lipinski definition) is 5. The number of nitrogens with zero attached hydrogens (tertiary/aromatic N) is 5. The first-order chi connectivity index (χ1) is 11.4. The summed E-state index contributed by atoms with van der Waals surface area (Å²) in [5.41, 5.74) is 1.14. The predicted molar refractivity (Wildman–Crippen MR) is 87.9 cm³/mol. The summed E-state index contributed by atoms with van der Waals surface area (Å²) in [7, 11) is 3.23. The SMILES string of the molecule is CCOC(=O)c1cc(C(=O)N(C)Cc2c(Cl)cnn2CC)nn1C. The second-order valence-corrected chi connectivity index (χ2v) is 5.58. The van der Waals surface area contributed by atoms with Crippen molar-refractivity contribution in [2.75, 3.05) is 13.7 Å². The molecular weight excluding hydrogens is 334 g/mol. The first kappa shape index (κ1) is 18.0. The van der Waals surface area contributed by atoms with Crippen LogP contribution in [0.4, 0.5) is 0 Å². The lowest BCUT2D eigenvalue weighted by atomic mass is 10.3. The van der Waals surface area contributed by atoms with E-state index in [1.54, 1.807) is 31.9 Å². The Kier molecular flexibility index (Phi) is 5.61. The Morgan fingerprint density at radius 2 is 2.08 bits per heavy atom. The molecule has 0 aliphatic rings. The van der Waals surface area contributed by atoms with E-state index in [0.717, 1.165) is 5.69 Å². The van der Waals surface area contributed by atoms with E-state index in [4.69, 9.17) is 16.3 Å². The highest BCUT2D eigenvalue weighted by Crippen LogP contribution is 2.18. The minimum atomic E-state index is -0.513. The van der Waals surface area contributed by atoms with Crippen LogP contribution in [0.2, 0.25) is 5.02 Å². The van der Waals surface area contributed by atoms with Gasteiger partial charge in [-0.1, -0.05) is 11.6 Å². The number of ether oxygens (including phenoxy) is 1. The van der Waals surface area contributed by atoms with Crippen molar-refractivity contribution in [1.82, 2.24) is 24.5 Å². The molecule has 0 saturated heterocycles. The predicted octanol–water partition coefficient (Wildman–Crippen LogP) is 1.74. The van der Waals surface area contributed by atoms with Crippen LogP contribution in [0.5, 0.6) is 0 Å². The summed E-state index contributed by atoms with van der Waals surface area (Å²) in [5, 5.41) is 8.75. The van der Waals surface area contributed by atoms with Gasteiger partial charge >= 0.3 is 5.97 Å². The van der Waals surface area contributed by atoms with E-state index in [-0.39, 0.29) is 30.4 Å². The molecule has 0 spiro atoms. The number of carbonyl (C=O) groups is 2. The third-order valence-electron chi connectivity index (χ3n) is 3.51. The molecule has 0 aliphatic heterocycles. The Labute approximate surface area is 144 Å². The average Bonchev–Trinajstić information content (AvgIpc) is 3.10. The molecule has 0 N–H and O–H groups in total. The maximum Gasteiger partial charge on any atom is 0.356 e. The fraction of sp³-hybridized carbons (Fsp3) is 0.467. The molecule has 0 radical (unpaired) electrons. The summed E-state index contributed by atoms with van der Waals surface area (Å²) >= 11 is 6.12.